The third-order valence-corrected chi connectivity index (χ3v) is 2.72. The molecule has 0 heterocycles. The van der Waals surface area contributed by atoms with Gasteiger partial charge in [-0.1, -0.05) is 6.92 Å². The summed E-state index contributed by atoms with van der Waals surface area (Å²) in [5.74, 6) is -0.128. The van der Waals surface area contributed by atoms with Crippen LogP contribution < -0.4 is 10.6 Å². The summed E-state index contributed by atoms with van der Waals surface area (Å²) in [6, 6.07) is 6.87. The zero-order valence-electron chi connectivity index (χ0n) is 12.1. The monoisotopic (exact) mass is 278 g/mol. The molecule has 5 heteroatoms. The summed E-state index contributed by atoms with van der Waals surface area (Å²) in [6.45, 7) is 3.17. The highest BCUT2D eigenvalue weighted by molar-refractivity contribution is 5.95. The van der Waals surface area contributed by atoms with Gasteiger partial charge in [0, 0.05) is 37.9 Å². The molecule has 1 aromatic rings. The number of hydrogen-bond acceptors (Lipinski definition) is 3. The van der Waals surface area contributed by atoms with Crippen LogP contribution in [-0.2, 0) is 9.53 Å². The summed E-state index contributed by atoms with van der Waals surface area (Å²) in [6.07, 6.45) is 2.10. The van der Waals surface area contributed by atoms with Gasteiger partial charge in [0.1, 0.15) is 0 Å². The van der Waals surface area contributed by atoms with Crippen molar-refractivity contribution in [3.8, 4) is 0 Å². The van der Waals surface area contributed by atoms with Gasteiger partial charge >= 0.3 is 0 Å². The Morgan fingerprint density at radius 2 is 1.90 bits per heavy atom. The number of nitrogens with one attached hydrogen (secondary N) is 2. The molecule has 2 N–H and O–H groups in total. The predicted octanol–water partition coefficient (Wildman–Crippen LogP) is 2.19. The Balaban J connectivity index is 2.45. The van der Waals surface area contributed by atoms with Gasteiger partial charge in [-0.2, -0.15) is 0 Å². The standard InChI is InChI=1S/C15H22N2O3/c1-3-5-14(18)17-13-8-6-12(7-9-13)15(19)16-10-4-11-20-2/h6-9H,3-5,10-11H2,1-2H3,(H,16,19)(H,17,18). The molecule has 20 heavy (non-hydrogen) atoms. The van der Waals surface area contributed by atoms with Crippen molar-refractivity contribution in [3.63, 3.8) is 0 Å². The number of carbonyl (C=O) groups is 2. The van der Waals surface area contributed by atoms with Crippen molar-refractivity contribution in [1.29, 1.82) is 0 Å². The molecule has 0 saturated heterocycles. The Labute approximate surface area is 119 Å². The molecule has 1 aromatic carbocycles. The van der Waals surface area contributed by atoms with Gasteiger partial charge in [0.05, 0.1) is 0 Å². The van der Waals surface area contributed by atoms with Crippen LogP contribution in [0.5, 0.6) is 0 Å². The second-order valence-electron chi connectivity index (χ2n) is 4.48. The molecule has 0 saturated carbocycles. The Morgan fingerprint density at radius 3 is 2.50 bits per heavy atom. The molecule has 0 aliphatic carbocycles. The van der Waals surface area contributed by atoms with Crippen molar-refractivity contribution in [3.05, 3.63) is 29.8 Å². The zero-order valence-corrected chi connectivity index (χ0v) is 12.1. The molecule has 0 unspecified atom stereocenters. The van der Waals surface area contributed by atoms with E-state index in [1.807, 2.05) is 6.92 Å². The maximum Gasteiger partial charge on any atom is 0.251 e. The number of ether oxygens (including phenoxy) is 1. The molecule has 0 bridgehead atoms. The van der Waals surface area contributed by atoms with Crippen LogP contribution >= 0.6 is 0 Å². The molecule has 1 rings (SSSR count). The minimum atomic E-state index is -0.118. The number of carbonyl (C=O) groups excluding carboxylic acids is 2. The SMILES string of the molecule is CCCC(=O)Nc1ccc(C(=O)NCCCOC)cc1. The first kappa shape index (κ1) is 16.2. The zero-order chi connectivity index (χ0) is 14.8. The van der Waals surface area contributed by atoms with E-state index in [0.717, 1.165) is 12.8 Å². The molecule has 0 aliphatic heterocycles. The highest BCUT2D eigenvalue weighted by Crippen LogP contribution is 2.10. The molecule has 2 amide bonds. The van der Waals surface area contributed by atoms with E-state index in [-0.39, 0.29) is 11.8 Å². The lowest BCUT2D eigenvalue weighted by Crippen LogP contribution is -2.25. The number of anilines is 1. The number of methoxy groups -OCH3 is 1. The first-order valence-corrected chi connectivity index (χ1v) is 6.84. The molecular formula is C15H22N2O3. The van der Waals surface area contributed by atoms with Gasteiger partial charge < -0.3 is 15.4 Å². The van der Waals surface area contributed by atoms with Crippen molar-refractivity contribution in [2.45, 2.75) is 26.2 Å². The van der Waals surface area contributed by atoms with Gasteiger partial charge in [0.25, 0.3) is 5.91 Å². The molecule has 0 aromatic heterocycles. The van der Waals surface area contributed by atoms with E-state index in [4.69, 9.17) is 4.74 Å². The van der Waals surface area contributed by atoms with E-state index in [1.54, 1.807) is 31.4 Å². The van der Waals surface area contributed by atoms with Gasteiger partial charge in [-0.15, -0.1) is 0 Å². The normalized spacial score (nSPS) is 10.1. The summed E-state index contributed by atoms with van der Waals surface area (Å²) in [7, 11) is 1.63. The second kappa shape index (κ2) is 9.09. The first-order valence-electron chi connectivity index (χ1n) is 6.84. The van der Waals surface area contributed by atoms with Gasteiger partial charge in [-0.25, -0.2) is 0 Å². The van der Waals surface area contributed by atoms with Gasteiger partial charge in [0.15, 0.2) is 0 Å². The van der Waals surface area contributed by atoms with Crippen LogP contribution in [-0.4, -0.2) is 32.1 Å². The maximum absolute atomic E-state index is 11.8. The number of rotatable bonds is 8. The summed E-state index contributed by atoms with van der Waals surface area (Å²) in [4.78, 5) is 23.2. The number of benzene rings is 1. The summed E-state index contributed by atoms with van der Waals surface area (Å²) >= 11 is 0. The Morgan fingerprint density at radius 1 is 1.20 bits per heavy atom. The fourth-order valence-electron chi connectivity index (χ4n) is 1.68. The fourth-order valence-corrected chi connectivity index (χ4v) is 1.68. The third-order valence-electron chi connectivity index (χ3n) is 2.72. The van der Waals surface area contributed by atoms with E-state index in [9.17, 15) is 9.59 Å². The topological polar surface area (TPSA) is 67.4 Å². The smallest absolute Gasteiger partial charge is 0.251 e. The van der Waals surface area contributed by atoms with Gasteiger partial charge in [0.2, 0.25) is 5.91 Å². The lowest BCUT2D eigenvalue weighted by molar-refractivity contribution is -0.116. The largest absolute Gasteiger partial charge is 0.385 e. The van der Waals surface area contributed by atoms with Crippen molar-refractivity contribution >= 4 is 17.5 Å². The van der Waals surface area contributed by atoms with Gasteiger partial charge in [-0.3, -0.25) is 9.59 Å². The Kier molecular flexibility index (Phi) is 7.35. The summed E-state index contributed by atoms with van der Waals surface area (Å²) in [5, 5.41) is 5.59. The van der Waals surface area contributed by atoms with Crippen LogP contribution in [0, 0.1) is 0 Å². The van der Waals surface area contributed by atoms with Crippen LogP contribution in [0.25, 0.3) is 0 Å². The molecule has 0 radical (unpaired) electrons. The van der Waals surface area contributed by atoms with Crippen molar-refractivity contribution in [2.75, 3.05) is 25.6 Å². The fraction of sp³-hybridized carbons (Fsp3) is 0.467. The van der Waals surface area contributed by atoms with E-state index in [2.05, 4.69) is 10.6 Å². The van der Waals surface area contributed by atoms with E-state index in [0.29, 0.717) is 30.8 Å². The van der Waals surface area contributed by atoms with Crippen LogP contribution in [0.4, 0.5) is 5.69 Å². The second-order valence-corrected chi connectivity index (χ2v) is 4.48. The van der Waals surface area contributed by atoms with Crippen LogP contribution in [0.2, 0.25) is 0 Å². The quantitative estimate of drug-likeness (QED) is 0.716. The maximum atomic E-state index is 11.8. The van der Waals surface area contributed by atoms with Crippen molar-refractivity contribution in [2.24, 2.45) is 0 Å². The molecule has 0 spiro atoms. The first-order chi connectivity index (χ1) is 9.67. The van der Waals surface area contributed by atoms with Crippen LogP contribution in [0.1, 0.15) is 36.5 Å². The van der Waals surface area contributed by atoms with Crippen LogP contribution in [0.3, 0.4) is 0 Å². The average Bonchev–Trinajstić information content (AvgIpc) is 2.44. The predicted molar refractivity (Wildman–Crippen MR) is 78.8 cm³/mol. The molecule has 0 fully saturated rings. The minimum absolute atomic E-state index is 0.00994. The van der Waals surface area contributed by atoms with Crippen molar-refractivity contribution < 1.29 is 14.3 Å². The van der Waals surface area contributed by atoms with Gasteiger partial charge in [-0.05, 0) is 37.1 Å². The third kappa shape index (κ3) is 5.84. The Hall–Kier alpha value is -1.88. The molecule has 0 atom stereocenters. The van der Waals surface area contributed by atoms with E-state index >= 15 is 0 Å². The van der Waals surface area contributed by atoms with E-state index in [1.165, 1.54) is 0 Å². The molecule has 0 aliphatic rings. The highest BCUT2D eigenvalue weighted by atomic mass is 16.5. The van der Waals surface area contributed by atoms with E-state index < -0.39 is 0 Å². The highest BCUT2D eigenvalue weighted by Gasteiger charge is 2.05. The van der Waals surface area contributed by atoms with Crippen LogP contribution in [0.15, 0.2) is 24.3 Å². The Bertz CT molecular complexity index is 429. The average molecular weight is 278 g/mol. The van der Waals surface area contributed by atoms with Crippen molar-refractivity contribution in [1.82, 2.24) is 5.32 Å². The number of amides is 2. The lowest BCUT2D eigenvalue weighted by Gasteiger charge is -2.07. The molecule has 5 nitrogen and oxygen atoms in total. The molecular weight excluding hydrogens is 256 g/mol. The summed E-state index contributed by atoms with van der Waals surface area (Å²) in [5.41, 5.74) is 1.29. The minimum Gasteiger partial charge on any atom is -0.385 e. The number of hydrogen-bond donors (Lipinski definition) is 2. The molecule has 110 valence electrons. The summed E-state index contributed by atoms with van der Waals surface area (Å²) < 4.78 is 4.91. The lowest BCUT2D eigenvalue weighted by atomic mass is 10.2.